The van der Waals surface area contributed by atoms with Crippen LogP contribution in [0, 0.1) is 23.2 Å². The van der Waals surface area contributed by atoms with Crippen molar-refractivity contribution in [3.8, 4) is 0 Å². The number of esters is 1. The lowest BCUT2D eigenvalue weighted by Crippen LogP contribution is -2.44. The first-order valence-corrected chi connectivity index (χ1v) is 7.69. The monoisotopic (exact) mass is 263 g/mol. The van der Waals surface area contributed by atoms with E-state index >= 15 is 0 Å². The summed E-state index contributed by atoms with van der Waals surface area (Å²) in [4.78, 5) is 17.1. The van der Waals surface area contributed by atoms with E-state index in [0.717, 1.165) is 30.4 Å². The second-order valence-electron chi connectivity index (χ2n) is 7.07. The molecule has 3 nitrogen and oxygen atoms in total. The second-order valence-corrected chi connectivity index (χ2v) is 7.07. The minimum atomic E-state index is -0.0736. The summed E-state index contributed by atoms with van der Waals surface area (Å²) in [6, 6.07) is 0.457. The van der Waals surface area contributed by atoms with Crippen molar-refractivity contribution in [2.24, 2.45) is 28.2 Å². The largest absolute Gasteiger partial charge is 0.469 e. The molecule has 2 aliphatic heterocycles. The van der Waals surface area contributed by atoms with Crippen LogP contribution in [0.1, 0.15) is 52.4 Å². The van der Waals surface area contributed by atoms with Crippen LogP contribution >= 0.6 is 0 Å². The van der Waals surface area contributed by atoms with Crippen LogP contribution in [0.2, 0.25) is 0 Å². The van der Waals surface area contributed by atoms with Crippen molar-refractivity contribution in [1.82, 2.24) is 0 Å². The SMILES string of the molecule is COC(=O)[C@H]1C[C@@]2(C)CC[C@H]3[C@H](C)CCCC1=N[C@@H]32. The predicted octanol–water partition coefficient (Wildman–Crippen LogP) is 3.23. The van der Waals surface area contributed by atoms with Gasteiger partial charge in [-0.25, -0.2) is 0 Å². The summed E-state index contributed by atoms with van der Waals surface area (Å²) < 4.78 is 5.01. The average Bonchev–Trinajstić information content (AvgIpc) is 2.70. The maximum Gasteiger partial charge on any atom is 0.314 e. The number of rotatable bonds is 1. The Balaban J connectivity index is 1.98. The Bertz CT molecular complexity index is 417. The van der Waals surface area contributed by atoms with Crippen molar-refractivity contribution in [3.63, 3.8) is 0 Å². The van der Waals surface area contributed by atoms with Crippen molar-refractivity contribution in [2.45, 2.75) is 58.4 Å². The van der Waals surface area contributed by atoms with Gasteiger partial charge in [-0.2, -0.15) is 0 Å². The number of hydrogen-bond donors (Lipinski definition) is 0. The van der Waals surface area contributed by atoms with Crippen molar-refractivity contribution >= 4 is 11.7 Å². The first-order chi connectivity index (χ1) is 9.05. The minimum absolute atomic E-state index is 0.0709. The fraction of sp³-hybridized carbons (Fsp3) is 0.875. The van der Waals surface area contributed by atoms with Gasteiger partial charge in [0.2, 0.25) is 0 Å². The maximum absolute atomic E-state index is 12.0. The fourth-order valence-corrected chi connectivity index (χ4v) is 4.66. The van der Waals surface area contributed by atoms with Gasteiger partial charge in [-0.3, -0.25) is 9.79 Å². The van der Waals surface area contributed by atoms with Crippen LogP contribution in [0.3, 0.4) is 0 Å². The van der Waals surface area contributed by atoms with Gasteiger partial charge in [-0.1, -0.05) is 20.3 Å². The number of nitrogens with zero attached hydrogens (tertiary/aromatic N) is 1. The summed E-state index contributed by atoms with van der Waals surface area (Å²) in [5.74, 6) is 1.37. The molecule has 0 aromatic rings. The molecule has 0 aromatic heterocycles. The van der Waals surface area contributed by atoms with Crippen LogP contribution in [0.25, 0.3) is 0 Å². The van der Waals surface area contributed by atoms with Gasteiger partial charge in [-0.05, 0) is 49.4 Å². The highest BCUT2D eigenvalue weighted by Gasteiger charge is 2.52. The smallest absolute Gasteiger partial charge is 0.314 e. The maximum atomic E-state index is 12.0. The molecule has 0 unspecified atom stereocenters. The predicted molar refractivity (Wildman–Crippen MR) is 75.2 cm³/mol. The molecule has 0 N–H and O–H groups in total. The zero-order valence-electron chi connectivity index (χ0n) is 12.3. The van der Waals surface area contributed by atoms with Crippen LogP contribution < -0.4 is 0 Å². The van der Waals surface area contributed by atoms with Gasteiger partial charge in [-0.15, -0.1) is 0 Å². The molecule has 3 aliphatic rings. The van der Waals surface area contributed by atoms with E-state index in [1.807, 2.05) is 0 Å². The van der Waals surface area contributed by atoms with Gasteiger partial charge in [0.15, 0.2) is 0 Å². The molecule has 2 bridgehead atoms. The third-order valence-electron chi connectivity index (χ3n) is 5.85. The molecule has 1 aliphatic carbocycles. The van der Waals surface area contributed by atoms with Gasteiger partial charge in [0.25, 0.3) is 0 Å². The summed E-state index contributed by atoms with van der Waals surface area (Å²) in [5.41, 5.74) is 1.35. The van der Waals surface area contributed by atoms with E-state index in [0.29, 0.717) is 6.04 Å². The summed E-state index contributed by atoms with van der Waals surface area (Å²) in [7, 11) is 1.50. The third-order valence-corrected chi connectivity index (χ3v) is 5.85. The molecule has 0 spiro atoms. The minimum Gasteiger partial charge on any atom is -0.469 e. The molecule has 2 heterocycles. The molecule has 0 radical (unpaired) electrons. The van der Waals surface area contributed by atoms with E-state index in [1.165, 1.54) is 32.8 Å². The number of carbonyl (C=O) groups is 1. The van der Waals surface area contributed by atoms with Crippen molar-refractivity contribution < 1.29 is 9.53 Å². The highest BCUT2D eigenvalue weighted by Crippen LogP contribution is 2.54. The highest BCUT2D eigenvalue weighted by atomic mass is 16.5. The van der Waals surface area contributed by atoms with Crippen LogP contribution in [0.5, 0.6) is 0 Å². The van der Waals surface area contributed by atoms with Crippen molar-refractivity contribution in [1.29, 1.82) is 0 Å². The lowest BCUT2D eigenvalue weighted by Gasteiger charge is -2.42. The third kappa shape index (κ3) is 2.02. The van der Waals surface area contributed by atoms with E-state index < -0.39 is 0 Å². The van der Waals surface area contributed by atoms with Gasteiger partial charge in [0, 0.05) is 5.71 Å². The van der Waals surface area contributed by atoms with E-state index in [9.17, 15) is 4.79 Å². The number of ether oxygens (including phenoxy) is 1. The highest BCUT2D eigenvalue weighted by molar-refractivity contribution is 6.02. The Morgan fingerprint density at radius 2 is 2.21 bits per heavy atom. The Hall–Kier alpha value is -0.860. The van der Waals surface area contributed by atoms with E-state index in [2.05, 4.69) is 13.8 Å². The number of hydrogen-bond acceptors (Lipinski definition) is 3. The molecule has 5 atom stereocenters. The normalized spacial score (nSPS) is 45.1. The van der Waals surface area contributed by atoms with E-state index in [-0.39, 0.29) is 17.3 Å². The van der Waals surface area contributed by atoms with Crippen LogP contribution in [-0.4, -0.2) is 24.8 Å². The standard InChI is InChI=1S/C16H25NO2/c1-10-5-4-6-13-12(15(18)19-3)9-16(2)8-7-11(10)14(16)17-13/h10-12,14H,4-9H2,1-3H3/t10-,11+,12+,14+,16-/m1/s1. The molecular weight excluding hydrogens is 238 g/mol. The zero-order valence-corrected chi connectivity index (χ0v) is 12.3. The van der Waals surface area contributed by atoms with E-state index in [1.54, 1.807) is 0 Å². The molecule has 3 heteroatoms. The number of aliphatic imine (C=N–C) groups is 1. The summed E-state index contributed by atoms with van der Waals surface area (Å²) in [6.45, 7) is 4.73. The Labute approximate surface area is 115 Å². The molecular formula is C16H25NO2. The van der Waals surface area contributed by atoms with Crippen LogP contribution in [0.4, 0.5) is 0 Å². The summed E-state index contributed by atoms with van der Waals surface area (Å²) in [6.07, 6.45) is 6.90. The average molecular weight is 263 g/mol. The molecule has 0 saturated heterocycles. The molecule has 1 saturated carbocycles. The Kier molecular flexibility index (Phi) is 3.18. The van der Waals surface area contributed by atoms with E-state index in [4.69, 9.17) is 9.73 Å². The fourth-order valence-electron chi connectivity index (χ4n) is 4.66. The number of carbonyl (C=O) groups excluding carboxylic acids is 1. The van der Waals surface area contributed by atoms with Gasteiger partial charge in [0.1, 0.15) is 0 Å². The molecule has 1 fully saturated rings. The molecule has 3 rings (SSSR count). The Morgan fingerprint density at radius 3 is 2.95 bits per heavy atom. The van der Waals surface area contributed by atoms with Crippen molar-refractivity contribution in [2.75, 3.05) is 7.11 Å². The van der Waals surface area contributed by atoms with Crippen LogP contribution in [-0.2, 0) is 9.53 Å². The zero-order chi connectivity index (χ0) is 13.6. The molecule has 106 valence electrons. The lowest BCUT2D eigenvalue weighted by atomic mass is 9.68. The Morgan fingerprint density at radius 1 is 1.42 bits per heavy atom. The topological polar surface area (TPSA) is 38.7 Å². The molecule has 0 amide bonds. The van der Waals surface area contributed by atoms with Crippen molar-refractivity contribution in [3.05, 3.63) is 0 Å². The lowest BCUT2D eigenvalue weighted by molar-refractivity contribution is -0.144. The first kappa shape index (κ1) is 13.1. The molecule has 0 aromatic carbocycles. The molecule has 19 heavy (non-hydrogen) atoms. The first-order valence-electron chi connectivity index (χ1n) is 7.69. The van der Waals surface area contributed by atoms with Gasteiger partial charge in [0.05, 0.1) is 19.1 Å². The summed E-state index contributed by atoms with van der Waals surface area (Å²) in [5, 5.41) is 0. The summed E-state index contributed by atoms with van der Waals surface area (Å²) >= 11 is 0. The van der Waals surface area contributed by atoms with Gasteiger partial charge < -0.3 is 4.74 Å². The second kappa shape index (κ2) is 4.60. The van der Waals surface area contributed by atoms with Gasteiger partial charge >= 0.3 is 5.97 Å². The van der Waals surface area contributed by atoms with Crippen LogP contribution in [0.15, 0.2) is 4.99 Å². The quantitative estimate of drug-likeness (QED) is 0.681. The number of methoxy groups -OCH3 is 1.